The largest absolute Gasteiger partial charge is 0.389 e. The van der Waals surface area contributed by atoms with E-state index in [2.05, 4.69) is 10.3 Å². The van der Waals surface area contributed by atoms with Crippen LogP contribution in [0.25, 0.3) is 0 Å². The third-order valence-corrected chi connectivity index (χ3v) is 3.71. The number of nitrogens with one attached hydrogen (secondary N) is 1. The van der Waals surface area contributed by atoms with Gasteiger partial charge in [0, 0.05) is 24.0 Å². The van der Waals surface area contributed by atoms with Gasteiger partial charge in [-0.25, -0.2) is 4.98 Å². The van der Waals surface area contributed by atoms with Gasteiger partial charge in [0.25, 0.3) is 5.91 Å². The van der Waals surface area contributed by atoms with E-state index in [-0.39, 0.29) is 31.1 Å². The van der Waals surface area contributed by atoms with Crippen molar-refractivity contribution < 1.29 is 18.0 Å². The molecule has 9 heteroatoms. The van der Waals surface area contributed by atoms with Gasteiger partial charge in [0.05, 0.1) is 0 Å². The molecule has 1 aromatic heterocycles. The summed E-state index contributed by atoms with van der Waals surface area (Å²) in [5, 5.41) is 4.85. The molecule has 1 amide bonds. The lowest BCUT2D eigenvalue weighted by Crippen LogP contribution is -2.13. The number of anilines is 1. The first-order valence-electron chi connectivity index (χ1n) is 6.49. The van der Waals surface area contributed by atoms with E-state index in [4.69, 9.17) is 5.73 Å². The van der Waals surface area contributed by atoms with Gasteiger partial charge in [-0.15, -0.1) is 23.7 Å². The molecule has 0 fully saturated rings. The molecule has 0 saturated carbocycles. The minimum Gasteiger partial charge on any atom is -0.325 e. The molecule has 1 heterocycles. The Morgan fingerprint density at radius 3 is 2.70 bits per heavy atom. The van der Waals surface area contributed by atoms with Gasteiger partial charge in [0.2, 0.25) is 0 Å². The Bertz CT molecular complexity index is 661. The number of rotatable bonds is 5. The minimum atomic E-state index is -4.20. The van der Waals surface area contributed by atoms with E-state index in [0.717, 1.165) is 0 Å². The molecule has 4 nitrogen and oxygen atoms in total. The van der Waals surface area contributed by atoms with Crippen molar-refractivity contribution in [1.29, 1.82) is 0 Å². The zero-order chi connectivity index (χ0) is 16.2. The Kier molecular flexibility index (Phi) is 6.99. The minimum absolute atomic E-state index is 0. The van der Waals surface area contributed by atoms with Crippen LogP contribution in [0.3, 0.4) is 0 Å². The lowest BCUT2D eigenvalue weighted by atomic mass is 10.1. The van der Waals surface area contributed by atoms with Crippen molar-refractivity contribution in [3.8, 4) is 0 Å². The molecule has 0 unspecified atom stereocenters. The fraction of sp³-hybridized carbons (Fsp3) is 0.286. The van der Waals surface area contributed by atoms with Crippen LogP contribution >= 0.6 is 23.7 Å². The van der Waals surface area contributed by atoms with Crippen molar-refractivity contribution in [1.82, 2.24) is 4.98 Å². The number of aromatic nitrogens is 1. The quantitative estimate of drug-likeness (QED) is 0.847. The van der Waals surface area contributed by atoms with Gasteiger partial charge in [-0.3, -0.25) is 4.79 Å². The Morgan fingerprint density at radius 1 is 1.35 bits per heavy atom. The van der Waals surface area contributed by atoms with Gasteiger partial charge in [0.1, 0.15) is 10.7 Å². The maximum atomic E-state index is 12.2. The summed E-state index contributed by atoms with van der Waals surface area (Å²) in [6, 6.07) is 6.34. The van der Waals surface area contributed by atoms with Crippen molar-refractivity contribution in [2.24, 2.45) is 5.73 Å². The molecule has 0 spiro atoms. The van der Waals surface area contributed by atoms with Crippen molar-refractivity contribution in [3.63, 3.8) is 0 Å². The Morgan fingerprint density at radius 2 is 2.09 bits per heavy atom. The Balaban J connectivity index is 0.00000264. The first-order chi connectivity index (χ1) is 10.4. The van der Waals surface area contributed by atoms with E-state index in [9.17, 15) is 18.0 Å². The first kappa shape index (κ1) is 19.4. The van der Waals surface area contributed by atoms with E-state index < -0.39 is 18.5 Å². The number of nitrogens with zero attached hydrogens (tertiary/aromatic N) is 1. The van der Waals surface area contributed by atoms with Crippen LogP contribution in [0.1, 0.15) is 27.5 Å². The molecule has 0 aliphatic carbocycles. The molecular weight excluding hydrogens is 351 g/mol. The second-order valence-corrected chi connectivity index (χ2v) is 5.54. The molecule has 126 valence electrons. The molecule has 2 rings (SSSR count). The van der Waals surface area contributed by atoms with Crippen molar-refractivity contribution >= 4 is 35.3 Å². The molecule has 1 aromatic carbocycles. The zero-order valence-electron chi connectivity index (χ0n) is 11.9. The van der Waals surface area contributed by atoms with Crippen LogP contribution in [0.2, 0.25) is 0 Å². The maximum absolute atomic E-state index is 12.2. The summed E-state index contributed by atoms with van der Waals surface area (Å²) < 4.78 is 36.7. The number of thiazole rings is 1. The zero-order valence-corrected chi connectivity index (χ0v) is 13.5. The van der Waals surface area contributed by atoms with Gasteiger partial charge in [-0.05, 0) is 24.1 Å². The highest BCUT2D eigenvalue weighted by molar-refractivity contribution is 7.09. The standard InChI is InChI=1S/C14H14F3N3OS.ClH/c15-14(16,17)5-4-9-2-1-3-10(6-9)19-13(21)11-8-22-12(7-18)20-11;/h1-3,6,8H,4-5,7,18H2,(H,19,21);1H. The number of amides is 1. The first-order valence-corrected chi connectivity index (χ1v) is 7.37. The highest BCUT2D eigenvalue weighted by Crippen LogP contribution is 2.23. The predicted molar refractivity (Wildman–Crippen MR) is 86.0 cm³/mol. The summed E-state index contributed by atoms with van der Waals surface area (Å²) in [5.74, 6) is -0.413. The van der Waals surface area contributed by atoms with Gasteiger partial charge in [0.15, 0.2) is 0 Å². The lowest BCUT2D eigenvalue weighted by molar-refractivity contribution is -0.133. The van der Waals surface area contributed by atoms with Gasteiger partial charge >= 0.3 is 6.18 Å². The lowest BCUT2D eigenvalue weighted by Gasteiger charge is -2.08. The van der Waals surface area contributed by atoms with E-state index in [1.165, 1.54) is 17.4 Å². The average molecular weight is 366 g/mol. The summed E-state index contributed by atoms with van der Waals surface area (Å²) in [5.41, 5.74) is 6.62. The molecule has 23 heavy (non-hydrogen) atoms. The number of carbonyl (C=O) groups is 1. The summed E-state index contributed by atoms with van der Waals surface area (Å²) in [7, 11) is 0. The Hall–Kier alpha value is -1.64. The number of aryl methyl sites for hydroxylation is 1. The van der Waals surface area contributed by atoms with E-state index >= 15 is 0 Å². The predicted octanol–water partition coefficient (Wildman–Crippen LogP) is 3.77. The van der Waals surface area contributed by atoms with Crippen LogP contribution in [0.5, 0.6) is 0 Å². The highest BCUT2D eigenvalue weighted by atomic mass is 35.5. The molecule has 2 aromatic rings. The van der Waals surface area contributed by atoms with Crippen LogP contribution in [0, 0.1) is 0 Å². The SMILES string of the molecule is Cl.NCc1nc(C(=O)Nc2cccc(CCC(F)(F)F)c2)cs1. The summed E-state index contributed by atoms with van der Waals surface area (Å²) in [4.78, 5) is 16.0. The number of benzene rings is 1. The van der Waals surface area contributed by atoms with Crippen LogP contribution in [-0.4, -0.2) is 17.1 Å². The van der Waals surface area contributed by atoms with Crippen LogP contribution in [-0.2, 0) is 13.0 Å². The number of carbonyl (C=O) groups excluding carboxylic acids is 1. The third kappa shape index (κ3) is 6.17. The Labute approximate surface area is 141 Å². The van der Waals surface area contributed by atoms with Crippen molar-refractivity contribution in [2.75, 3.05) is 5.32 Å². The third-order valence-electron chi connectivity index (χ3n) is 2.84. The van der Waals surface area contributed by atoms with Crippen LogP contribution in [0.15, 0.2) is 29.6 Å². The number of hydrogen-bond acceptors (Lipinski definition) is 4. The monoisotopic (exact) mass is 365 g/mol. The summed E-state index contributed by atoms with van der Waals surface area (Å²) in [6.07, 6.45) is -5.21. The van der Waals surface area contributed by atoms with Gasteiger partial charge < -0.3 is 11.1 Å². The van der Waals surface area contributed by atoms with Crippen LogP contribution in [0.4, 0.5) is 18.9 Å². The summed E-state index contributed by atoms with van der Waals surface area (Å²) >= 11 is 1.28. The van der Waals surface area contributed by atoms with E-state index in [1.807, 2.05) is 0 Å². The molecule has 0 saturated heterocycles. The normalized spacial score (nSPS) is 11.0. The fourth-order valence-corrected chi connectivity index (χ4v) is 2.45. The van der Waals surface area contributed by atoms with Gasteiger partial charge in [-0.1, -0.05) is 12.1 Å². The average Bonchev–Trinajstić information content (AvgIpc) is 2.94. The molecule has 3 N–H and O–H groups in total. The second-order valence-electron chi connectivity index (χ2n) is 4.60. The molecule has 0 aliphatic rings. The number of nitrogens with two attached hydrogens (primary N) is 1. The molecular formula is C14H15ClF3N3OS. The van der Waals surface area contributed by atoms with Gasteiger partial charge in [-0.2, -0.15) is 13.2 Å². The smallest absolute Gasteiger partial charge is 0.325 e. The van der Waals surface area contributed by atoms with Crippen molar-refractivity contribution in [3.05, 3.63) is 45.9 Å². The van der Waals surface area contributed by atoms with Crippen molar-refractivity contribution in [2.45, 2.75) is 25.6 Å². The molecule has 0 bridgehead atoms. The topological polar surface area (TPSA) is 68.0 Å². The highest BCUT2D eigenvalue weighted by Gasteiger charge is 2.26. The van der Waals surface area contributed by atoms with E-state index in [0.29, 0.717) is 16.3 Å². The van der Waals surface area contributed by atoms with Crippen LogP contribution < -0.4 is 11.1 Å². The fourth-order valence-electron chi connectivity index (χ4n) is 1.79. The number of alkyl halides is 3. The molecule has 0 radical (unpaired) electrons. The number of hydrogen-bond donors (Lipinski definition) is 2. The second kappa shape index (κ2) is 8.28. The molecule has 0 aliphatic heterocycles. The summed E-state index contributed by atoms with van der Waals surface area (Å²) in [6.45, 7) is 0.255. The number of halogens is 4. The van der Waals surface area contributed by atoms with E-state index in [1.54, 1.807) is 23.6 Å². The maximum Gasteiger partial charge on any atom is 0.389 e. The molecule has 0 atom stereocenters.